The molecule has 0 atom stereocenters. The molecule has 0 aliphatic rings. The van der Waals surface area contributed by atoms with E-state index in [9.17, 15) is 0 Å². The molecule has 0 aromatic carbocycles. The largest absolute Gasteiger partial charge is 1.00 e. The zero-order valence-corrected chi connectivity index (χ0v) is 20.0. The molecule has 0 aliphatic carbocycles. The van der Waals surface area contributed by atoms with Crippen molar-refractivity contribution in [1.29, 1.82) is 0 Å². The first-order valence-electron chi connectivity index (χ1n) is 3.10. The molecule has 0 spiro atoms. The van der Waals surface area contributed by atoms with Gasteiger partial charge in [0.25, 0.3) is 0 Å². The summed E-state index contributed by atoms with van der Waals surface area (Å²) < 4.78 is 0. The van der Waals surface area contributed by atoms with Crippen molar-refractivity contribution in [2.24, 2.45) is 0 Å². The summed E-state index contributed by atoms with van der Waals surface area (Å²) in [6.07, 6.45) is 0. The maximum atomic E-state index is 7.17. The van der Waals surface area contributed by atoms with Crippen LogP contribution in [0.2, 0.25) is 0 Å². The minimum Gasteiger partial charge on any atom is -1.00 e. The Morgan fingerprint density at radius 2 is 0.316 bits per heavy atom. The van der Waals surface area contributed by atoms with Crippen molar-refractivity contribution < 1.29 is 219 Å². The van der Waals surface area contributed by atoms with E-state index in [-0.39, 0.29) is 158 Å². The van der Waals surface area contributed by atoms with E-state index in [1.807, 2.05) is 0 Å². The third-order valence-electron chi connectivity index (χ3n) is 0. The van der Waals surface area contributed by atoms with Gasteiger partial charge >= 0.3 is 183 Å². The first-order valence-corrected chi connectivity index (χ1v) is 3.10. The Kier molecular flexibility index (Phi) is 88.3. The van der Waals surface area contributed by atoms with Crippen LogP contribution in [0.3, 0.4) is 0 Å². The summed E-state index contributed by atoms with van der Waals surface area (Å²) in [5.41, 5.74) is 0. The Hall–Kier alpha value is 4.69. The van der Waals surface area contributed by atoms with Crippen molar-refractivity contribution in [3.8, 4) is 0 Å². The Bertz CT molecular complexity index is 80.6. The molecule has 19 heteroatoms. The number of hydrogen-bond acceptors (Lipinski definition) is 12. The molecule has 0 amide bonds. The summed E-state index contributed by atoms with van der Waals surface area (Å²) in [5, 5.41) is 86.0. The van der Waals surface area contributed by atoms with Gasteiger partial charge in [-0.05, 0) is 0 Å². The third kappa shape index (κ3) is 442. The Morgan fingerprint density at radius 1 is 0.316 bits per heavy atom. The van der Waals surface area contributed by atoms with Gasteiger partial charge in [0.05, 0.1) is 0 Å². The summed E-state index contributed by atoms with van der Waals surface area (Å²) in [6.45, 7) is 0. The van der Waals surface area contributed by atoms with Gasteiger partial charge in [0.1, 0.15) is 0 Å². The second-order valence-corrected chi connectivity index (χ2v) is 1.39. The predicted octanol–water partition coefficient (Wildman–Crippen LogP) is -16.9. The van der Waals surface area contributed by atoms with Gasteiger partial charge in [-0.15, -0.1) is 0 Å². The minimum atomic E-state index is -2.17. The second-order valence-electron chi connectivity index (χ2n) is 1.39. The Balaban J connectivity index is -0.00000001000. The topological polar surface area (TPSA) is 243 Å². The quantitative estimate of drug-likeness (QED) is 0.178. The van der Waals surface area contributed by atoms with Gasteiger partial charge < -0.3 is 64.6 Å². The smallest absolute Gasteiger partial charge is 1.00 e. The van der Waals surface area contributed by atoms with E-state index in [1.54, 1.807) is 0 Å². The van der Waals surface area contributed by atoms with Gasteiger partial charge in [-0.2, -0.15) is 0 Å². The molecule has 0 radical (unpaired) electrons. The zero-order chi connectivity index (χ0) is 14.3. The average molecular weight is 368 g/mol. The van der Waals surface area contributed by atoms with Crippen LogP contribution in [0.1, 0.15) is 4.28 Å². The SMILES string of the molecule is OB(O)O.OB(O)O.OB(O)O.OB(O)O.[H-].[H-].[H-].[K+].[K+].[K+]. The molecule has 0 bridgehead atoms. The van der Waals surface area contributed by atoms with Crippen LogP contribution in [0.15, 0.2) is 0 Å². The molecular formula is H15B4K3O12. The van der Waals surface area contributed by atoms with Crippen molar-refractivity contribution in [2.75, 3.05) is 0 Å². The van der Waals surface area contributed by atoms with Crippen LogP contribution < -0.4 is 154 Å². The van der Waals surface area contributed by atoms with Gasteiger partial charge in [-0.25, -0.2) is 0 Å². The maximum absolute atomic E-state index is 7.17. The molecule has 0 saturated heterocycles. The van der Waals surface area contributed by atoms with Gasteiger partial charge in [-0.3, -0.25) is 0 Å². The summed E-state index contributed by atoms with van der Waals surface area (Å²) in [5.74, 6) is 0. The molecule has 0 unspecified atom stereocenters. The van der Waals surface area contributed by atoms with Gasteiger partial charge in [-0.1, -0.05) is 0 Å². The zero-order valence-electron chi connectivity index (χ0n) is 13.7. The molecule has 0 aliphatic heterocycles. The summed E-state index contributed by atoms with van der Waals surface area (Å²) in [4.78, 5) is 0. The summed E-state index contributed by atoms with van der Waals surface area (Å²) >= 11 is 0. The van der Waals surface area contributed by atoms with Crippen LogP contribution in [-0.4, -0.2) is 89.6 Å². The Labute approximate surface area is 242 Å². The predicted molar refractivity (Wildman–Crippen MR) is 53.0 cm³/mol. The van der Waals surface area contributed by atoms with E-state index in [2.05, 4.69) is 0 Å². The van der Waals surface area contributed by atoms with E-state index >= 15 is 0 Å². The van der Waals surface area contributed by atoms with Crippen molar-refractivity contribution in [3.63, 3.8) is 0 Å². The van der Waals surface area contributed by atoms with Crippen molar-refractivity contribution in [1.82, 2.24) is 0 Å². The van der Waals surface area contributed by atoms with Crippen LogP contribution in [0, 0.1) is 0 Å². The van der Waals surface area contributed by atoms with E-state index in [1.165, 1.54) is 0 Å². The molecule has 12 N–H and O–H groups in total. The third-order valence-corrected chi connectivity index (χ3v) is 0. The average Bonchev–Trinajstić information content (AvgIpc) is 1.76. The fourth-order valence-electron chi connectivity index (χ4n) is 0. The van der Waals surface area contributed by atoms with Crippen LogP contribution >= 0.6 is 0 Å². The first kappa shape index (κ1) is 43.8. The molecule has 0 saturated carbocycles. The summed E-state index contributed by atoms with van der Waals surface area (Å²) in [7, 11) is -8.67. The van der Waals surface area contributed by atoms with Crippen LogP contribution in [0.5, 0.6) is 0 Å². The monoisotopic (exact) mass is 368 g/mol. The van der Waals surface area contributed by atoms with E-state index in [0.29, 0.717) is 0 Å². The molecule has 12 nitrogen and oxygen atoms in total. The molecule has 19 heavy (non-hydrogen) atoms. The standard InChI is InChI=1S/4BH3O3.3K.3H/c4*2-1(3)4;;;;;;/h4*2-4H;;;;;;/q;;;;3*+1;3*-1. The Morgan fingerprint density at radius 3 is 0.316 bits per heavy atom. The van der Waals surface area contributed by atoms with Gasteiger partial charge in [0, 0.05) is 0 Å². The van der Waals surface area contributed by atoms with E-state index in [4.69, 9.17) is 60.3 Å². The molecule has 0 fully saturated rings. The van der Waals surface area contributed by atoms with Gasteiger partial charge in [0.15, 0.2) is 0 Å². The van der Waals surface area contributed by atoms with Crippen molar-refractivity contribution in [2.45, 2.75) is 0 Å². The molecular weight excluding hydrogens is 353 g/mol. The number of hydrogen-bond donors (Lipinski definition) is 12. The normalized spacial score (nSPS) is 5.68. The van der Waals surface area contributed by atoms with E-state index in [0.717, 1.165) is 0 Å². The van der Waals surface area contributed by atoms with E-state index < -0.39 is 29.3 Å². The molecule has 0 heterocycles. The minimum absolute atomic E-state index is 0. The maximum Gasteiger partial charge on any atom is 1.00 e. The van der Waals surface area contributed by atoms with Crippen LogP contribution in [-0.2, 0) is 0 Å². The van der Waals surface area contributed by atoms with Crippen LogP contribution in [0.25, 0.3) is 0 Å². The summed E-state index contributed by atoms with van der Waals surface area (Å²) in [6, 6.07) is 0. The van der Waals surface area contributed by atoms with Crippen molar-refractivity contribution >= 4 is 29.3 Å². The first-order chi connectivity index (χ1) is 6.93. The molecule has 0 rings (SSSR count). The molecule has 102 valence electrons. The van der Waals surface area contributed by atoms with Crippen LogP contribution in [0.4, 0.5) is 0 Å². The molecule has 0 aromatic rings. The second kappa shape index (κ2) is 38.3. The van der Waals surface area contributed by atoms with Gasteiger partial charge in [0.2, 0.25) is 0 Å². The van der Waals surface area contributed by atoms with Crippen molar-refractivity contribution in [3.05, 3.63) is 0 Å². The number of rotatable bonds is 0. The fourth-order valence-corrected chi connectivity index (χ4v) is 0. The molecule has 0 aromatic heterocycles. The fraction of sp³-hybridized carbons (Fsp3) is 0.